The van der Waals surface area contributed by atoms with Crippen LogP contribution in [0.15, 0.2) is 33.1 Å². The zero-order valence-electron chi connectivity index (χ0n) is 12.1. The molecule has 1 heterocycles. The summed E-state index contributed by atoms with van der Waals surface area (Å²) in [5.41, 5.74) is 0.709. The maximum Gasteiger partial charge on any atom is 0.238 e. The zero-order chi connectivity index (χ0) is 16.2. The van der Waals surface area contributed by atoms with E-state index in [0.717, 1.165) is 14.6 Å². The van der Waals surface area contributed by atoms with Gasteiger partial charge in [0.15, 0.2) is 4.34 Å². The molecule has 120 valence electrons. The quantitative estimate of drug-likeness (QED) is 0.684. The van der Waals surface area contributed by atoms with Crippen LogP contribution < -0.4 is 4.72 Å². The summed E-state index contributed by atoms with van der Waals surface area (Å²) in [4.78, 5) is 0. The molecule has 9 heteroatoms. The summed E-state index contributed by atoms with van der Waals surface area (Å²) in [6, 6.07) is 7.21. The number of benzene rings is 1. The van der Waals surface area contributed by atoms with Gasteiger partial charge in [-0.2, -0.15) is 0 Å². The van der Waals surface area contributed by atoms with E-state index in [-0.39, 0.29) is 5.75 Å². The van der Waals surface area contributed by atoms with Crippen molar-refractivity contribution < 1.29 is 8.42 Å². The van der Waals surface area contributed by atoms with Crippen LogP contribution in [-0.4, -0.2) is 24.4 Å². The van der Waals surface area contributed by atoms with Crippen molar-refractivity contribution in [1.29, 1.82) is 0 Å². The smallest absolute Gasteiger partial charge is 0.238 e. The number of nitrogens with zero attached hydrogens (tertiary/aromatic N) is 2. The molecule has 0 atom stereocenters. The maximum atomic E-state index is 12.2. The third kappa shape index (κ3) is 5.86. The fourth-order valence-electron chi connectivity index (χ4n) is 1.56. The van der Waals surface area contributed by atoms with Crippen LogP contribution >= 0.6 is 39.0 Å². The molecule has 2 aromatic rings. The van der Waals surface area contributed by atoms with Gasteiger partial charge in [0.05, 0.1) is 5.75 Å². The Hall–Kier alpha value is -0.640. The van der Waals surface area contributed by atoms with Crippen molar-refractivity contribution in [2.75, 3.05) is 10.5 Å². The standard InChI is InChI=1S/C13H16BrN3O2S3/c1-9(2)7-20-13-16-15-12(21-13)17-22(18,19)8-10-4-3-5-11(14)6-10/h3-6,9H,7-8H2,1-2H3,(H,15,17). The molecule has 1 aromatic heterocycles. The molecular formula is C13H16BrN3O2S3. The number of sulfonamides is 1. The molecule has 0 unspecified atom stereocenters. The molecule has 1 aromatic carbocycles. The number of rotatable bonds is 7. The van der Waals surface area contributed by atoms with E-state index >= 15 is 0 Å². The van der Waals surface area contributed by atoms with Crippen LogP contribution in [0.3, 0.4) is 0 Å². The summed E-state index contributed by atoms with van der Waals surface area (Å²) >= 11 is 6.17. The average molecular weight is 422 g/mol. The predicted octanol–water partition coefficient (Wildman–Crippen LogP) is 3.99. The van der Waals surface area contributed by atoms with Gasteiger partial charge >= 0.3 is 0 Å². The highest BCUT2D eigenvalue weighted by atomic mass is 79.9. The normalized spacial score (nSPS) is 11.8. The lowest BCUT2D eigenvalue weighted by atomic mass is 10.2. The Kier molecular flexibility index (Phi) is 6.25. The number of aromatic nitrogens is 2. The van der Waals surface area contributed by atoms with E-state index in [1.165, 1.54) is 11.3 Å². The Morgan fingerprint density at radius 2 is 2.14 bits per heavy atom. The topological polar surface area (TPSA) is 72.0 Å². The second-order valence-electron chi connectivity index (χ2n) is 5.07. The lowest BCUT2D eigenvalue weighted by Crippen LogP contribution is -2.14. The number of hydrogen-bond donors (Lipinski definition) is 1. The van der Waals surface area contributed by atoms with Gasteiger partial charge in [-0.1, -0.05) is 65.0 Å². The minimum Gasteiger partial charge on any atom is -0.257 e. The van der Waals surface area contributed by atoms with E-state index in [4.69, 9.17) is 0 Å². The third-order valence-corrected chi connectivity index (χ3v) is 6.67. The van der Waals surface area contributed by atoms with Gasteiger partial charge in [0.2, 0.25) is 15.2 Å². The molecule has 0 saturated heterocycles. The second kappa shape index (κ2) is 7.76. The van der Waals surface area contributed by atoms with E-state index in [1.807, 2.05) is 6.07 Å². The zero-order valence-corrected chi connectivity index (χ0v) is 16.2. The minimum absolute atomic E-state index is 0.0967. The lowest BCUT2D eigenvalue weighted by molar-refractivity contribution is 0.600. The van der Waals surface area contributed by atoms with Gasteiger partial charge in [-0.3, -0.25) is 4.72 Å². The van der Waals surface area contributed by atoms with Crippen molar-refractivity contribution in [3.8, 4) is 0 Å². The second-order valence-corrected chi connectivity index (χ2v) is 9.95. The van der Waals surface area contributed by atoms with E-state index in [9.17, 15) is 8.42 Å². The summed E-state index contributed by atoms with van der Waals surface area (Å²) in [6.45, 7) is 4.24. The van der Waals surface area contributed by atoms with Crippen molar-refractivity contribution in [2.45, 2.75) is 23.9 Å². The van der Waals surface area contributed by atoms with Crippen molar-refractivity contribution in [2.24, 2.45) is 5.92 Å². The number of nitrogens with one attached hydrogen (secondary N) is 1. The Morgan fingerprint density at radius 1 is 1.36 bits per heavy atom. The molecule has 1 N–H and O–H groups in total. The lowest BCUT2D eigenvalue weighted by Gasteiger charge is -2.05. The minimum atomic E-state index is -3.49. The van der Waals surface area contributed by atoms with Crippen LogP contribution in [0, 0.1) is 5.92 Å². The molecule has 0 radical (unpaired) electrons. The number of anilines is 1. The summed E-state index contributed by atoms with van der Waals surface area (Å²) < 4.78 is 28.4. The number of halogens is 1. The molecule has 0 aliphatic rings. The Labute approximate surface area is 147 Å². The molecule has 0 bridgehead atoms. The number of hydrogen-bond acceptors (Lipinski definition) is 6. The van der Waals surface area contributed by atoms with Crippen LogP contribution in [-0.2, 0) is 15.8 Å². The van der Waals surface area contributed by atoms with Gasteiger partial charge in [-0.05, 0) is 23.6 Å². The molecule has 0 fully saturated rings. The highest BCUT2D eigenvalue weighted by Crippen LogP contribution is 2.27. The fourth-order valence-corrected chi connectivity index (χ4v) is 5.13. The molecular weight excluding hydrogens is 406 g/mol. The van der Waals surface area contributed by atoms with E-state index in [2.05, 4.69) is 44.7 Å². The molecule has 0 aliphatic carbocycles. The third-order valence-electron chi connectivity index (χ3n) is 2.44. The van der Waals surface area contributed by atoms with Crippen LogP contribution in [0.5, 0.6) is 0 Å². The molecule has 0 spiro atoms. The van der Waals surface area contributed by atoms with Crippen molar-refractivity contribution >= 4 is 54.2 Å². The van der Waals surface area contributed by atoms with Gasteiger partial charge < -0.3 is 0 Å². The highest BCUT2D eigenvalue weighted by Gasteiger charge is 2.15. The SMILES string of the molecule is CC(C)CSc1nnc(NS(=O)(=O)Cc2cccc(Br)c2)s1. The molecule has 0 amide bonds. The molecule has 0 aliphatic heterocycles. The summed E-state index contributed by atoms with van der Waals surface area (Å²) in [6.07, 6.45) is 0. The van der Waals surface area contributed by atoms with Crippen LogP contribution in [0.4, 0.5) is 5.13 Å². The van der Waals surface area contributed by atoms with Crippen molar-refractivity contribution in [3.63, 3.8) is 0 Å². The van der Waals surface area contributed by atoms with Gasteiger partial charge in [0, 0.05) is 10.2 Å². The maximum absolute atomic E-state index is 12.2. The average Bonchev–Trinajstić information content (AvgIpc) is 2.82. The van der Waals surface area contributed by atoms with Crippen LogP contribution in [0.2, 0.25) is 0 Å². The van der Waals surface area contributed by atoms with E-state index in [0.29, 0.717) is 16.6 Å². The van der Waals surface area contributed by atoms with Crippen LogP contribution in [0.1, 0.15) is 19.4 Å². The Morgan fingerprint density at radius 3 is 2.82 bits per heavy atom. The van der Waals surface area contributed by atoms with Gasteiger partial charge in [-0.25, -0.2) is 8.42 Å². The molecule has 2 rings (SSSR count). The van der Waals surface area contributed by atoms with E-state index in [1.54, 1.807) is 30.0 Å². The Bertz CT molecular complexity index is 732. The molecule has 0 saturated carbocycles. The number of thioether (sulfide) groups is 1. The molecule has 22 heavy (non-hydrogen) atoms. The Balaban J connectivity index is 2.00. The fraction of sp³-hybridized carbons (Fsp3) is 0.385. The summed E-state index contributed by atoms with van der Waals surface area (Å²) in [5.74, 6) is 1.38. The summed E-state index contributed by atoms with van der Waals surface area (Å²) in [7, 11) is -3.49. The van der Waals surface area contributed by atoms with Gasteiger partial charge in [-0.15, -0.1) is 10.2 Å². The van der Waals surface area contributed by atoms with Gasteiger partial charge in [0.25, 0.3) is 0 Å². The molecule has 5 nitrogen and oxygen atoms in total. The highest BCUT2D eigenvalue weighted by molar-refractivity contribution is 9.10. The first-order valence-corrected chi connectivity index (χ1v) is 10.8. The first kappa shape index (κ1) is 17.7. The predicted molar refractivity (Wildman–Crippen MR) is 95.9 cm³/mol. The van der Waals surface area contributed by atoms with Crippen LogP contribution in [0.25, 0.3) is 0 Å². The van der Waals surface area contributed by atoms with Crippen molar-refractivity contribution in [1.82, 2.24) is 10.2 Å². The largest absolute Gasteiger partial charge is 0.257 e. The summed E-state index contributed by atoms with van der Waals surface area (Å²) in [5, 5.41) is 8.18. The van der Waals surface area contributed by atoms with Crippen molar-refractivity contribution in [3.05, 3.63) is 34.3 Å². The monoisotopic (exact) mass is 421 g/mol. The van der Waals surface area contributed by atoms with E-state index < -0.39 is 10.0 Å². The van der Waals surface area contributed by atoms with Gasteiger partial charge in [0.1, 0.15) is 0 Å². The first-order valence-electron chi connectivity index (χ1n) is 6.55. The first-order chi connectivity index (χ1) is 10.3.